The molecule has 0 unspecified atom stereocenters. The van der Waals surface area contributed by atoms with Crippen LogP contribution in [0.25, 0.3) is 0 Å². The van der Waals surface area contributed by atoms with Crippen molar-refractivity contribution in [2.45, 2.75) is 31.9 Å². The minimum Gasteiger partial charge on any atom is -0.346 e. The highest BCUT2D eigenvalue weighted by molar-refractivity contribution is 6.65. The Kier molecular flexibility index (Phi) is 7.71. The number of rotatable bonds is 5. The maximum absolute atomic E-state index is 13.3. The molecule has 28 heavy (non-hydrogen) atoms. The standard InChI is InChI=1S/C14H12Cl3F6N3O2/c1-6(2)10(17)26-28-12(13(18,19)20,14(21,22)23)25-11(27)24-7-3-4-8(15)9(16)5-7/h3-6H,1-2H3,(H2,24,25,27)/b26-10+. The largest absolute Gasteiger partial charge is 0.461 e. The van der Waals surface area contributed by atoms with E-state index in [1.807, 2.05) is 0 Å². The predicted octanol–water partition coefficient (Wildman–Crippen LogP) is 6.16. The third-order valence-electron chi connectivity index (χ3n) is 3.01. The first-order valence-corrected chi connectivity index (χ1v) is 8.33. The van der Waals surface area contributed by atoms with Gasteiger partial charge in [0.1, 0.15) is 5.17 Å². The molecule has 0 bridgehead atoms. The van der Waals surface area contributed by atoms with Gasteiger partial charge in [0.05, 0.1) is 10.0 Å². The SMILES string of the molecule is CC(C)/C(Cl)=N\OC(NC(=O)Nc1ccc(Cl)c(Cl)c1)(C(F)(F)F)C(F)(F)F. The molecule has 0 saturated heterocycles. The quantitative estimate of drug-likeness (QED) is 0.232. The van der Waals surface area contributed by atoms with Gasteiger partial charge in [0.15, 0.2) is 0 Å². The van der Waals surface area contributed by atoms with Crippen LogP contribution in [-0.4, -0.2) is 29.3 Å². The van der Waals surface area contributed by atoms with Crippen molar-refractivity contribution in [1.29, 1.82) is 0 Å². The molecule has 0 aliphatic heterocycles. The highest BCUT2D eigenvalue weighted by Gasteiger charge is 2.76. The molecule has 0 aliphatic rings. The van der Waals surface area contributed by atoms with Gasteiger partial charge in [-0.1, -0.05) is 53.8 Å². The van der Waals surface area contributed by atoms with Gasteiger partial charge in [-0.05, 0) is 18.2 Å². The molecule has 1 rings (SSSR count). The summed E-state index contributed by atoms with van der Waals surface area (Å²) in [6, 6.07) is 1.39. The van der Waals surface area contributed by atoms with E-state index in [-0.39, 0.29) is 15.7 Å². The van der Waals surface area contributed by atoms with Crippen molar-refractivity contribution in [3.8, 4) is 0 Å². The number of carbonyl (C=O) groups excluding carboxylic acids is 1. The third kappa shape index (κ3) is 5.71. The zero-order valence-corrected chi connectivity index (χ0v) is 16.2. The molecule has 0 fully saturated rings. The number of amides is 2. The summed E-state index contributed by atoms with van der Waals surface area (Å²) in [5.74, 6) is -0.731. The van der Waals surface area contributed by atoms with Crippen LogP contribution in [0.15, 0.2) is 23.4 Å². The van der Waals surface area contributed by atoms with E-state index in [0.717, 1.165) is 17.4 Å². The molecule has 0 atom stereocenters. The summed E-state index contributed by atoms with van der Waals surface area (Å²) >= 11 is 16.8. The van der Waals surface area contributed by atoms with Crippen LogP contribution in [0.4, 0.5) is 36.8 Å². The molecule has 0 radical (unpaired) electrons. The fourth-order valence-electron chi connectivity index (χ4n) is 1.54. The van der Waals surface area contributed by atoms with Gasteiger partial charge in [-0.3, -0.25) is 5.32 Å². The molecule has 0 saturated carbocycles. The highest BCUT2D eigenvalue weighted by atomic mass is 35.5. The van der Waals surface area contributed by atoms with E-state index < -0.39 is 35.2 Å². The fourth-order valence-corrected chi connectivity index (χ4v) is 1.87. The second kappa shape index (κ2) is 8.83. The van der Waals surface area contributed by atoms with Gasteiger partial charge >= 0.3 is 24.1 Å². The zero-order valence-electron chi connectivity index (χ0n) is 14.0. The van der Waals surface area contributed by atoms with E-state index in [2.05, 4.69) is 9.99 Å². The van der Waals surface area contributed by atoms with E-state index in [0.29, 0.717) is 0 Å². The maximum atomic E-state index is 13.3. The van der Waals surface area contributed by atoms with Crippen molar-refractivity contribution in [1.82, 2.24) is 5.32 Å². The van der Waals surface area contributed by atoms with Gasteiger partial charge in [-0.25, -0.2) is 4.79 Å². The summed E-state index contributed by atoms with van der Waals surface area (Å²) in [5, 5.41) is 4.44. The molecule has 0 spiro atoms. The van der Waals surface area contributed by atoms with Gasteiger partial charge in [-0.15, -0.1) is 0 Å². The number of urea groups is 1. The Balaban J connectivity index is 3.25. The summed E-state index contributed by atoms with van der Waals surface area (Å²) in [4.78, 5) is 15.6. The lowest BCUT2D eigenvalue weighted by atomic mass is 10.2. The second-order valence-electron chi connectivity index (χ2n) is 5.54. The van der Waals surface area contributed by atoms with Crippen LogP contribution in [0.1, 0.15) is 13.8 Å². The lowest BCUT2D eigenvalue weighted by Gasteiger charge is -2.34. The Hall–Kier alpha value is -1.59. The Morgan fingerprint density at radius 1 is 1.07 bits per heavy atom. The molecule has 0 aliphatic carbocycles. The van der Waals surface area contributed by atoms with Crippen LogP contribution in [0.5, 0.6) is 0 Å². The molecule has 14 heteroatoms. The summed E-state index contributed by atoms with van der Waals surface area (Å²) in [7, 11) is 0. The zero-order chi connectivity index (χ0) is 21.9. The van der Waals surface area contributed by atoms with Gasteiger partial charge in [0, 0.05) is 11.6 Å². The van der Waals surface area contributed by atoms with Gasteiger partial charge in [-0.2, -0.15) is 26.3 Å². The first kappa shape index (κ1) is 24.4. The number of halogens is 9. The number of hydrogen-bond acceptors (Lipinski definition) is 3. The van der Waals surface area contributed by atoms with Crippen LogP contribution < -0.4 is 10.6 Å². The number of hydrogen-bond donors (Lipinski definition) is 2. The molecule has 1 aromatic rings. The number of anilines is 1. The van der Waals surface area contributed by atoms with Crippen molar-refractivity contribution in [2.75, 3.05) is 5.32 Å². The Morgan fingerprint density at radius 3 is 2.04 bits per heavy atom. The molecule has 0 heterocycles. The van der Waals surface area contributed by atoms with E-state index in [4.69, 9.17) is 34.8 Å². The topological polar surface area (TPSA) is 62.7 Å². The summed E-state index contributed by atoms with van der Waals surface area (Å²) in [5.41, 5.74) is -5.39. The first-order valence-electron chi connectivity index (χ1n) is 7.20. The molecular weight excluding hydrogens is 463 g/mol. The lowest BCUT2D eigenvalue weighted by molar-refractivity contribution is -0.388. The van der Waals surface area contributed by atoms with E-state index >= 15 is 0 Å². The number of nitrogens with zero attached hydrogens (tertiary/aromatic N) is 1. The highest BCUT2D eigenvalue weighted by Crippen LogP contribution is 2.44. The molecular formula is C14H12Cl3F6N3O2. The minimum absolute atomic E-state index is 0.0496. The predicted molar refractivity (Wildman–Crippen MR) is 92.7 cm³/mol. The smallest absolute Gasteiger partial charge is 0.346 e. The summed E-state index contributed by atoms with van der Waals surface area (Å²) < 4.78 is 79.8. The summed E-state index contributed by atoms with van der Waals surface area (Å²) in [6.07, 6.45) is -12.3. The van der Waals surface area contributed by atoms with Crippen LogP contribution in [-0.2, 0) is 4.84 Å². The van der Waals surface area contributed by atoms with E-state index in [1.54, 1.807) is 5.32 Å². The molecule has 0 aromatic heterocycles. The molecule has 5 nitrogen and oxygen atoms in total. The van der Waals surface area contributed by atoms with Crippen LogP contribution in [0.3, 0.4) is 0 Å². The monoisotopic (exact) mass is 473 g/mol. The number of benzene rings is 1. The van der Waals surface area contributed by atoms with Crippen LogP contribution in [0.2, 0.25) is 10.0 Å². The Labute approximate surface area is 169 Å². The van der Waals surface area contributed by atoms with Crippen molar-refractivity contribution in [2.24, 2.45) is 11.1 Å². The van der Waals surface area contributed by atoms with Crippen molar-refractivity contribution < 1.29 is 36.0 Å². The van der Waals surface area contributed by atoms with Crippen LogP contribution >= 0.6 is 34.8 Å². The molecule has 2 amide bonds. The Morgan fingerprint density at radius 2 is 1.61 bits per heavy atom. The maximum Gasteiger partial charge on any atom is 0.461 e. The van der Waals surface area contributed by atoms with Gasteiger partial charge in [0.25, 0.3) is 0 Å². The van der Waals surface area contributed by atoms with Crippen molar-refractivity contribution >= 4 is 51.7 Å². The third-order valence-corrected chi connectivity index (χ3v) is 4.26. The lowest BCUT2D eigenvalue weighted by Crippen LogP contribution is -2.69. The van der Waals surface area contributed by atoms with Gasteiger partial charge < -0.3 is 10.2 Å². The fraction of sp³-hybridized carbons (Fsp3) is 0.429. The Bertz CT molecular complexity index is 739. The molecule has 1 aromatic carbocycles. The number of alkyl halides is 6. The van der Waals surface area contributed by atoms with Crippen molar-refractivity contribution in [3.05, 3.63) is 28.2 Å². The number of oxime groups is 1. The normalized spacial score (nSPS) is 13.5. The molecule has 2 N–H and O–H groups in total. The number of nitrogens with one attached hydrogen (secondary N) is 2. The summed E-state index contributed by atoms with van der Waals surface area (Å²) in [6.45, 7) is 2.70. The van der Waals surface area contributed by atoms with E-state index in [9.17, 15) is 31.1 Å². The average Bonchev–Trinajstić information content (AvgIpc) is 2.52. The first-order chi connectivity index (χ1) is 12.6. The van der Waals surface area contributed by atoms with E-state index in [1.165, 1.54) is 19.9 Å². The van der Waals surface area contributed by atoms with Gasteiger partial charge in [0.2, 0.25) is 0 Å². The average molecular weight is 475 g/mol. The van der Waals surface area contributed by atoms with Crippen molar-refractivity contribution in [3.63, 3.8) is 0 Å². The van der Waals surface area contributed by atoms with Crippen LogP contribution in [0, 0.1) is 5.92 Å². The molecule has 158 valence electrons. The minimum atomic E-state index is -6.14. The second-order valence-corrected chi connectivity index (χ2v) is 6.75. The number of carbonyl (C=O) groups is 1.